The van der Waals surface area contributed by atoms with E-state index in [4.69, 9.17) is 0 Å². The Morgan fingerprint density at radius 2 is 1.54 bits per heavy atom. The second-order valence-corrected chi connectivity index (χ2v) is 5.29. The molecular weight excluding hydrogens is 224 g/mol. The Labute approximate surface area is 92.6 Å². The maximum Gasteiger partial charge on any atom is 0.0145 e. The van der Waals surface area contributed by atoms with E-state index in [2.05, 4.69) is 36.7 Å². The van der Waals surface area contributed by atoms with Gasteiger partial charge >= 0.3 is 0 Å². The number of halogens is 1. The van der Waals surface area contributed by atoms with E-state index in [1.807, 2.05) is 0 Å². The van der Waals surface area contributed by atoms with Gasteiger partial charge in [-0.2, -0.15) is 0 Å². The van der Waals surface area contributed by atoms with E-state index in [1.165, 1.54) is 44.9 Å². The molecule has 0 nitrogen and oxygen atoms in total. The van der Waals surface area contributed by atoms with Gasteiger partial charge in [-0.3, -0.25) is 0 Å². The van der Waals surface area contributed by atoms with Crippen LogP contribution >= 0.6 is 15.9 Å². The van der Waals surface area contributed by atoms with Crippen molar-refractivity contribution in [1.29, 1.82) is 0 Å². The lowest BCUT2D eigenvalue weighted by molar-refractivity contribution is 0.430. The number of rotatable bonds is 8. The molecule has 80 valence electrons. The van der Waals surface area contributed by atoms with E-state index in [-0.39, 0.29) is 0 Å². The summed E-state index contributed by atoms with van der Waals surface area (Å²) >= 11 is 3.73. The highest BCUT2D eigenvalue weighted by atomic mass is 79.9. The van der Waals surface area contributed by atoms with Gasteiger partial charge < -0.3 is 0 Å². The van der Waals surface area contributed by atoms with Gasteiger partial charge in [0.25, 0.3) is 0 Å². The lowest BCUT2D eigenvalue weighted by Gasteiger charge is -2.13. The Hall–Kier alpha value is 0.480. The molecular formula is C12H25Br. The van der Waals surface area contributed by atoms with Crippen LogP contribution in [0.15, 0.2) is 0 Å². The van der Waals surface area contributed by atoms with E-state index in [0.29, 0.717) is 0 Å². The minimum atomic E-state index is 0.770. The van der Waals surface area contributed by atoms with Gasteiger partial charge in [-0.15, -0.1) is 0 Å². The third-order valence-corrected chi connectivity index (χ3v) is 3.80. The highest BCUT2D eigenvalue weighted by molar-refractivity contribution is 9.09. The molecule has 1 heteroatoms. The summed E-state index contributed by atoms with van der Waals surface area (Å²) in [5, 5.41) is 0. The summed E-state index contributed by atoms with van der Waals surface area (Å²) in [7, 11) is 0. The van der Waals surface area contributed by atoms with E-state index in [9.17, 15) is 0 Å². The first-order valence-corrected chi connectivity index (χ1v) is 6.80. The van der Waals surface area contributed by atoms with E-state index < -0.39 is 0 Å². The van der Waals surface area contributed by atoms with Crippen molar-refractivity contribution in [2.75, 3.05) is 0 Å². The molecule has 1 atom stereocenters. The van der Waals surface area contributed by atoms with Gasteiger partial charge in [-0.1, -0.05) is 68.8 Å². The molecule has 0 aliphatic rings. The third kappa shape index (κ3) is 7.54. The maximum atomic E-state index is 3.73. The number of alkyl halides is 1. The highest BCUT2D eigenvalue weighted by Crippen LogP contribution is 2.20. The first-order valence-electron chi connectivity index (χ1n) is 5.88. The van der Waals surface area contributed by atoms with Crippen LogP contribution in [-0.2, 0) is 0 Å². The minimum Gasteiger partial charge on any atom is -0.0891 e. The minimum absolute atomic E-state index is 0.770. The summed E-state index contributed by atoms with van der Waals surface area (Å²) in [6.07, 6.45) is 9.56. The summed E-state index contributed by atoms with van der Waals surface area (Å²) in [5.74, 6) is 0.973. The molecule has 0 spiro atoms. The molecule has 0 heterocycles. The maximum absolute atomic E-state index is 3.73. The Morgan fingerprint density at radius 1 is 0.923 bits per heavy atom. The summed E-state index contributed by atoms with van der Waals surface area (Å²) in [6.45, 7) is 6.88. The molecule has 1 unspecified atom stereocenters. The summed E-state index contributed by atoms with van der Waals surface area (Å²) in [6, 6.07) is 0. The summed E-state index contributed by atoms with van der Waals surface area (Å²) < 4.78 is 0. The molecule has 0 radical (unpaired) electrons. The van der Waals surface area contributed by atoms with Crippen LogP contribution in [0.1, 0.15) is 65.7 Å². The molecule has 0 bridgehead atoms. The first-order chi connectivity index (χ1) is 6.24. The smallest absolute Gasteiger partial charge is 0.0145 e. The highest BCUT2D eigenvalue weighted by Gasteiger charge is 2.06. The Kier molecular flexibility index (Phi) is 9.39. The van der Waals surface area contributed by atoms with Crippen LogP contribution in [0.3, 0.4) is 0 Å². The fraction of sp³-hybridized carbons (Fsp3) is 1.00. The zero-order valence-electron chi connectivity index (χ0n) is 9.48. The predicted molar refractivity (Wildman–Crippen MR) is 65.5 cm³/mol. The van der Waals surface area contributed by atoms with Crippen molar-refractivity contribution in [1.82, 2.24) is 0 Å². The van der Waals surface area contributed by atoms with E-state index in [0.717, 1.165) is 10.7 Å². The zero-order chi connectivity index (χ0) is 10.1. The van der Waals surface area contributed by atoms with Crippen LogP contribution in [0.25, 0.3) is 0 Å². The van der Waals surface area contributed by atoms with Crippen molar-refractivity contribution in [3.05, 3.63) is 0 Å². The Balaban J connectivity index is 3.32. The van der Waals surface area contributed by atoms with Crippen LogP contribution < -0.4 is 0 Å². The molecule has 0 aromatic carbocycles. The van der Waals surface area contributed by atoms with Crippen molar-refractivity contribution in [2.24, 2.45) is 5.92 Å². The number of hydrogen-bond donors (Lipinski definition) is 0. The number of hydrogen-bond acceptors (Lipinski definition) is 0. The molecule has 0 fully saturated rings. The average Bonchev–Trinajstić information content (AvgIpc) is 2.13. The van der Waals surface area contributed by atoms with Gasteiger partial charge in [0.2, 0.25) is 0 Å². The SMILES string of the molecule is CCCC(Br)CCCC(CC)CC. The molecule has 0 saturated carbocycles. The molecule has 0 amide bonds. The Morgan fingerprint density at radius 3 is 2.00 bits per heavy atom. The van der Waals surface area contributed by atoms with Gasteiger partial charge in [-0.05, 0) is 18.8 Å². The molecule has 0 aliphatic heterocycles. The fourth-order valence-electron chi connectivity index (χ4n) is 1.78. The molecule has 0 aliphatic carbocycles. The van der Waals surface area contributed by atoms with Gasteiger partial charge in [-0.25, -0.2) is 0 Å². The van der Waals surface area contributed by atoms with Crippen LogP contribution in [-0.4, -0.2) is 4.83 Å². The van der Waals surface area contributed by atoms with E-state index in [1.54, 1.807) is 0 Å². The second kappa shape index (κ2) is 9.05. The average molecular weight is 249 g/mol. The van der Waals surface area contributed by atoms with Crippen molar-refractivity contribution in [3.8, 4) is 0 Å². The lowest BCUT2D eigenvalue weighted by atomic mass is 9.96. The fourth-order valence-corrected chi connectivity index (χ4v) is 2.56. The van der Waals surface area contributed by atoms with Gasteiger partial charge in [0.15, 0.2) is 0 Å². The third-order valence-electron chi connectivity index (χ3n) is 2.89. The lowest BCUT2D eigenvalue weighted by Crippen LogP contribution is -2.01. The molecule has 0 saturated heterocycles. The molecule has 0 aromatic heterocycles. The second-order valence-electron chi connectivity index (χ2n) is 4.00. The summed E-state index contributed by atoms with van der Waals surface area (Å²) in [4.78, 5) is 0.770. The van der Waals surface area contributed by atoms with Crippen molar-refractivity contribution in [3.63, 3.8) is 0 Å². The standard InChI is InChI=1S/C12H25Br/c1-4-8-12(13)10-7-9-11(5-2)6-3/h11-12H,4-10H2,1-3H3. The first kappa shape index (κ1) is 13.5. The molecule has 0 N–H and O–H groups in total. The van der Waals surface area contributed by atoms with E-state index >= 15 is 0 Å². The van der Waals surface area contributed by atoms with Gasteiger partial charge in [0.05, 0.1) is 0 Å². The van der Waals surface area contributed by atoms with Crippen molar-refractivity contribution < 1.29 is 0 Å². The van der Waals surface area contributed by atoms with Crippen LogP contribution in [0.5, 0.6) is 0 Å². The topological polar surface area (TPSA) is 0 Å². The molecule has 13 heavy (non-hydrogen) atoms. The Bertz CT molecular complexity index is 97.3. The van der Waals surface area contributed by atoms with Crippen LogP contribution in [0, 0.1) is 5.92 Å². The molecule has 0 rings (SSSR count). The normalized spacial score (nSPS) is 13.6. The zero-order valence-corrected chi connectivity index (χ0v) is 11.1. The van der Waals surface area contributed by atoms with Crippen LogP contribution in [0.2, 0.25) is 0 Å². The largest absolute Gasteiger partial charge is 0.0891 e. The van der Waals surface area contributed by atoms with Gasteiger partial charge in [0, 0.05) is 4.83 Å². The summed E-state index contributed by atoms with van der Waals surface area (Å²) in [5.41, 5.74) is 0. The van der Waals surface area contributed by atoms with Crippen molar-refractivity contribution >= 4 is 15.9 Å². The quantitative estimate of drug-likeness (QED) is 0.521. The monoisotopic (exact) mass is 248 g/mol. The predicted octanol–water partition coefficient (Wildman–Crippen LogP) is 5.16. The molecule has 0 aromatic rings. The van der Waals surface area contributed by atoms with Crippen molar-refractivity contribution in [2.45, 2.75) is 70.5 Å². The van der Waals surface area contributed by atoms with Crippen LogP contribution in [0.4, 0.5) is 0 Å². The van der Waals surface area contributed by atoms with Gasteiger partial charge in [0.1, 0.15) is 0 Å².